The van der Waals surface area contributed by atoms with Gasteiger partial charge in [-0.2, -0.15) is 0 Å². The Morgan fingerprint density at radius 1 is 1.00 bits per heavy atom. The number of amides is 1. The third kappa shape index (κ3) is 1.97. The Labute approximate surface area is 114 Å². The monoisotopic (exact) mass is 265 g/mol. The topological polar surface area (TPSA) is 73.3 Å². The van der Waals surface area contributed by atoms with E-state index >= 15 is 0 Å². The second-order valence-electron chi connectivity index (χ2n) is 4.42. The Morgan fingerprint density at radius 2 is 1.70 bits per heavy atom. The van der Waals surface area contributed by atoms with Crippen LogP contribution >= 0.6 is 0 Å². The van der Waals surface area contributed by atoms with Crippen molar-refractivity contribution in [3.8, 4) is 11.1 Å². The Morgan fingerprint density at radius 3 is 2.40 bits per heavy atom. The van der Waals surface area contributed by atoms with E-state index in [1.165, 1.54) is 6.26 Å². The Kier molecular flexibility index (Phi) is 2.84. The summed E-state index contributed by atoms with van der Waals surface area (Å²) in [7, 11) is 0. The predicted molar refractivity (Wildman–Crippen MR) is 76.4 cm³/mol. The fourth-order valence-corrected chi connectivity index (χ4v) is 2.09. The minimum absolute atomic E-state index is 0.0984. The number of rotatable bonds is 2. The van der Waals surface area contributed by atoms with E-state index in [2.05, 4.69) is 0 Å². The zero-order chi connectivity index (χ0) is 14.1. The van der Waals surface area contributed by atoms with E-state index in [1.54, 1.807) is 42.5 Å². The first kappa shape index (κ1) is 12.2. The van der Waals surface area contributed by atoms with Crippen LogP contribution in [0.15, 0.2) is 64.0 Å². The highest BCUT2D eigenvalue weighted by Gasteiger charge is 2.09. The summed E-state index contributed by atoms with van der Waals surface area (Å²) in [6.45, 7) is 0. The van der Waals surface area contributed by atoms with Crippen LogP contribution in [0.1, 0.15) is 10.4 Å². The number of nitrogens with two attached hydrogens (primary N) is 1. The van der Waals surface area contributed by atoms with Crippen LogP contribution in [0.2, 0.25) is 0 Å². The van der Waals surface area contributed by atoms with Crippen LogP contribution in [0.4, 0.5) is 0 Å². The normalized spacial score (nSPS) is 10.6. The summed E-state index contributed by atoms with van der Waals surface area (Å²) in [5, 5.41) is 0.531. The van der Waals surface area contributed by atoms with Crippen LogP contribution in [0.3, 0.4) is 0 Å². The lowest BCUT2D eigenvalue weighted by molar-refractivity contribution is 0.100. The van der Waals surface area contributed by atoms with E-state index in [9.17, 15) is 9.59 Å². The van der Waals surface area contributed by atoms with Gasteiger partial charge in [-0.1, -0.05) is 24.3 Å². The maximum atomic E-state index is 12.4. The molecule has 1 aromatic heterocycles. The summed E-state index contributed by atoms with van der Waals surface area (Å²) in [4.78, 5) is 23.4. The van der Waals surface area contributed by atoms with Gasteiger partial charge in [0.05, 0.1) is 10.9 Å². The second-order valence-corrected chi connectivity index (χ2v) is 4.42. The molecule has 1 amide bonds. The van der Waals surface area contributed by atoms with Crippen molar-refractivity contribution in [1.29, 1.82) is 0 Å². The molecule has 0 spiro atoms. The van der Waals surface area contributed by atoms with Crippen molar-refractivity contribution >= 4 is 16.9 Å². The van der Waals surface area contributed by atoms with Crippen LogP contribution in [0, 0.1) is 0 Å². The number of carbonyl (C=O) groups excluding carboxylic acids is 1. The van der Waals surface area contributed by atoms with Gasteiger partial charge in [0.2, 0.25) is 5.91 Å². The van der Waals surface area contributed by atoms with Gasteiger partial charge in [-0.25, -0.2) is 0 Å². The van der Waals surface area contributed by atoms with Crippen LogP contribution in [0.25, 0.3) is 22.1 Å². The van der Waals surface area contributed by atoms with Gasteiger partial charge in [-0.3, -0.25) is 9.59 Å². The van der Waals surface area contributed by atoms with Crippen molar-refractivity contribution in [2.45, 2.75) is 0 Å². The molecule has 0 saturated carbocycles. The standard InChI is InChI=1S/C16H11NO3/c17-16(19)11-7-5-10(6-8-11)13-9-20-14-4-2-1-3-12(14)15(13)18/h1-9H,(H2,17,19). The molecule has 3 rings (SSSR count). The molecule has 4 heteroatoms. The molecule has 2 N–H and O–H groups in total. The molecule has 4 nitrogen and oxygen atoms in total. The summed E-state index contributed by atoms with van der Waals surface area (Å²) in [5.41, 5.74) is 7.19. The fraction of sp³-hybridized carbons (Fsp3) is 0. The zero-order valence-corrected chi connectivity index (χ0v) is 10.5. The molecule has 0 aliphatic carbocycles. The van der Waals surface area contributed by atoms with Crippen LogP contribution in [0.5, 0.6) is 0 Å². The predicted octanol–water partition coefficient (Wildman–Crippen LogP) is 2.56. The number of fused-ring (bicyclic) bond motifs is 1. The number of primary amides is 1. The maximum Gasteiger partial charge on any atom is 0.248 e. The molecule has 0 saturated heterocycles. The Hall–Kier alpha value is -2.88. The van der Waals surface area contributed by atoms with Gasteiger partial charge in [0.15, 0.2) is 5.43 Å². The lowest BCUT2D eigenvalue weighted by Crippen LogP contribution is -2.10. The number of carbonyl (C=O) groups is 1. The molecular formula is C16H11NO3. The Bertz CT molecular complexity index is 847. The highest BCUT2D eigenvalue weighted by atomic mass is 16.3. The van der Waals surface area contributed by atoms with Crippen molar-refractivity contribution in [2.75, 3.05) is 0 Å². The quantitative estimate of drug-likeness (QED) is 0.773. The Balaban J connectivity index is 2.17. The molecule has 0 atom stereocenters. The third-order valence-electron chi connectivity index (χ3n) is 3.16. The van der Waals surface area contributed by atoms with Gasteiger partial charge in [-0.15, -0.1) is 0 Å². The van der Waals surface area contributed by atoms with Crippen molar-refractivity contribution in [3.05, 3.63) is 70.6 Å². The largest absolute Gasteiger partial charge is 0.463 e. The molecule has 0 fully saturated rings. The van der Waals surface area contributed by atoms with Gasteiger partial charge in [-0.05, 0) is 29.8 Å². The van der Waals surface area contributed by atoms with Crippen molar-refractivity contribution < 1.29 is 9.21 Å². The van der Waals surface area contributed by atoms with E-state index < -0.39 is 5.91 Å². The van der Waals surface area contributed by atoms with E-state index in [0.717, 1.165) is 0 Å². The first-order valence-electron chi connectivity index (χ1n) is 6.07. The zero-order valence-electron chi connectivity index (χ0n) is 10.5. The summed E-state index contributed by atoms with van der Waals surface area (Å²) >= 11 is 0. The first-order valence-corrected chi connectivity index (χ1v) is 6.07. The highest BCUT2D eigenvalue weighted by molar-refractivity contribution is 5.93. The fourth-order valence-electron chi connectivity index (χ4n) is 2.09. The molecule has 0 radical (unpaired) electrons. The van der Waals surface area contributed by atoms with Crippen molar-refractivity contribution in [2.24, 2.45) is 5.73 Å². The van der Waals surface area contributed by atoms with Gasteiger partial charge in [0, 0.05) is 5.56 Å². The summed E-state index contributed by atoms with van der Waals surface area (Å²) < 4.78 is 5.46. The maximum absolute atomic E-state index is 12.4. The van der Waals surface area contributed by atoms with E-state index in [4.69, 9.17) is 10.2 Å². The van der Waals surface area contributed by atoms with Gasteiger partial charge in [0.25, 0.3) is 0 Å². The van der Waals surface area contributed by atoms with E-state index in [0.29, 0.717) is 27.7 Å². The molecule has 0 unspecified atom stereocenters. The number of benzene rings is 2. The molecule has 2 aromatic carbocycles. The SMILES string of the molecule is NC(=O)c1ccc(-c2coc3ccccc3c2=O)cc1. The lowest BCUT2D eigenvalue weighted by atomic mass is 10.0. The molecule has 20 heavy (non-hydrogen) atoms. The number of para-hydroxylation sites is 1. The first-order chi connectivity index (χ1) is 9.66. The highest BCUT2D eigenvalue weighted by Crippen LogP contribution is 2.20. The molecular weight excluding hydrogens is 254 g/mol. The summed E-state index contributed by atoms with van der Waals surface area (Å²) in [5.74, 6) is -0.498. The molecule has 0 bridgehead atoms. The average Bonchev–Trinajstić information content (AvgIpc) is 2.48. The molecule has 1 heterocycles. The third-order valence-corrected chi connectivity index (χ3v) is 3.16. The molecule has 98 valence electrons. The molecule has 0 aliphatic heterocycles. The van der Waals surface area contributed by atoms with Gasteiger partial charge in [0.1, 0.15) is 11.8 Å². The number of hydrogen-bond acceptors (Lipinski definition) is 3. The van der Waals surface area contributed by atoms with Crippen LogP contribution in [-0.4, -0.2) is 5.91 Å². The summed E-state index contributed by atoms with van der Waals surface area (Å²) in [6, 6.07) is 13.6. The van der Waals surface area contributed by atoms with Crippen molar-refractivity contribution in [1.82, 2.24) is 0 Å². The number of hydrogen-bond donors (Lipinski definition) is 1. The van der Waals surface area contributed by atoms with E-state index in [-0.39, 0.29) is 5.43 Å². The second kappa shape index (κ2) is 4.66. The molecule has 3 aromatic rings. The summed E-state index contributed by atoms with van der Waals surface area (Å²) in [6.07, 6.45) is 1.43. The molecule has 0 aliphatic rings. The minimum atomic E-state index is -0.498. The van der Waals surface area contributed by atoms with Gasteiger partial charge >= 0.3 is 0 Å². The average molecular weight is 265 g/mol. The van der Waals surface area contributed by atoms with Crippen LogP contribution < -0.4 is 11.2 Å². The minimum Gasteiger partial charge on any atom is -0.463 e. The lowest BCUT2D eigenvalue weighted by Gasteiger charge is -2.03. The van der Waals surface area contributed by atoms with Crippen LogP contribution in [-0.2, 0) is 0 Å². The van der Waals surface area contributed by atoms with Gasteiger partial charge < -0.3 is 10.2 Å². The smallest absolute Gasteiger partial charge is 0.248 e. The van der Waals surface area contributed by atoms with Crippen molar-refractivity contribution in [3.63, 3.8) is 0 Å². The van der Waals surface area contributed by atoms with E-state index in [1.807, 2.05) is 6.07 Å².